The molecule has 27 heavy (non-hydrogen) atoms. The van der Waals surface area contributed by atoms with Crippen molar-refractivity contribution in [3.8, 4) is 0 Å². The minimum Gasteiger partial charge on any atom is -0.347 e. The van der Waals surface area contributed by atoms with Crippen molar-refractivity contribution in [2.24, 2.45) is 0 Å². The Morgan fingerprint density at radius 2 is 1.33 bits per heavy atom. The molecule has 0 saturated carbocycles. The average molecular weight is 367 g/mol. The molecule has 2 rings (SSSR count). The Labute approximate surface area is 159 Å². The molecule has 0 unspecified atom stereocenters. The predicted octanol–water partition coefficient (Wildman–Crippen LogP) is 3.17. The molecule has 0 bridgehead atoms. The first-order chi connectivity index (χ1) is 12.6. The Hall–Kier alpha value is -3.15. The number of hydrogen-bond donors (Lipinski definition) is 2. The molecular formula is C21H25N3O3. The summed E-state index contributed by atoms with van der Waals surface area (Å²) >= 11 is 0. The van der Waals surface area contributed by atoms with Gasteiger partial charge in [0.05, 0.1) is 11.3 Å². The quantitative estimate of drug-likeness (QED) is 0.871. The van der Waals surface area contributed by atoms with E-state index < -0.39 is 0 Å². The smallest absolute Gasteiger partial charge is 0.255 e. The van der Waals surface area contributed by atoms with Crippen LogP contribution >= 0.6 is 0 Å². The van der Waals surface area contributed by atoms with Crippen LogP contribution in [-0.4, -0.2) is 42.3 Å². The molecule has 0 heterocycles. The van der Waals surface area contributed by atoms with Crippen LogP contribution in [0.4, 0.5) is 5.69 Å². The first kappa shape index (κ1) is 20.2. The van der Waals surface area contributed by atoms with Crippen LogP contribution in [0.15, 0.2) is 48.5 Å². The Bertz CT molecular complexity index is 850. The van der Waals surface area contributed by atoms with E-state index in [9.17, 15) is 14.4 Å². The van der Waals surface area contributed by atoms with Gasteiger partial charge in [-0.2, -0.15) is 0 Å². The second-order valence-corrected chi connectivity index (χ2v) is 7.48. The zero-order valence-corrected chi connectivity index (χ0v) is 16.3. The molecule has 0 aliphatic rings. The van der Waals surface area contributed by atoms with Gasteiger partial charge in [-0.15, -0.1) is 0 Å². The van der Waals surface area contributed by atoms with E-state index in [4.69, 9.17) is 0 Å². The van der Waals surface area contributed by atoms with Crippen LogP contribution in [0.5, 0.6) is 0 Å². The maximum Gasteiger partial charge on any atom is 0.255 e. The Morgan fingerprint density at radius 1 is 0.815 bits per heavy atom. The van der Waals surface area contributed by atoms with Crippen molar-refractivity contribution in [3.05, 3.63) is 65.2 Å². The zero-order chi connectivity index (χ0) is 20.2. The molecule has 6 nitrogen and oxygen atoms in total. The normalized spacial score (nSPS) is 10.9. The predicted molar refractivity (Wildman–Crippen MR) is 106 cm³/mol. The lowest BCUT2D eigenvalue weighted by Gasteiger charge is -2.20. The van der Waals surface area contributed by atoms with E-state index in [2.05, 4.69) is 10.6 Å². The highest BCUT2D eigenvalue weighted by molar-refractivity contribution is 6.09. The van der Waals surface area contributed by atoms with E-state index in [1.807, 2.05) is 20.8 Å². The number of benzene rings is 2. The largest absolute Gasteiger partial charge is 0.347 e. The zero-order valence-electron chi connectivity index (χ0n) is 16.3. The number of carbonyl (C=O) groups excluding carboxylic acids is 3. The summed E-state index contributed by atoms with van der Waals surface area (Å²) in [6, 6.07) is 13.2. The Balaban J connectivity index is 2.16. The minimum absolute atomic E-state index is 0.194. The number of nitrogens with one attached hydrogen (secondary N) is 2. The van der Waals surface area contributed by atoms with Crippen molar-refractivity contribution in [2.45, 2.75) is 26.3 Å². The molecule has 2 N–H and O–H groups in total. The second kappa shape index (κ2) is 8.03. The van der Waals surface area contributed by atoms with E-state index in [1.165, 1.54) is 4.90 Å². The molecule has 142 valence electrons. The first-order valence-corrected chi connectivity index (χ1v) is 8.63. The van der Waals surface area contributed by atoms with Crippen molar-refractivity contribution in [3.63, 3.8) is 0 Å². The number of nitrogens with zero attached hydrogens (tertiary/aromatic N) is 1. The van der Waals surface area contributed by atoms with Gasteiger partial charge in [0, 0.05) is 30.8 Å². The molecular weight excluding hydrogens is 342 g/mol. The van der Waals surface area contributed by atoms with Gasteiger partial charge in [-0.25, -0.2) is 0 Å². The van der Waals surface area contributed by atoms with E-state index in [0.717, 1.165) is 0 Å². The van der Waals surface area contributed by atoms with Gasteiger partial charge in [0.25, 0.3) is 17.7 Å². The molecule has 0 radical (unpaired) electrons. The van der Waals surface area contributed by atoms with Gasteiger partial charge in [0.1, 0.15) is 0 Å². The fourth-order valence-corrected chi connectivity index (χ4v) is 2.40. The van der Waals surface area contributed by atoms with Crippen molar-refractivity contribution in [1.29, 1.82) is 0 Å². The third kappa shape index (κ3) is 5.41. The van der Waals surface area contributed by atoms with Crippen LogP contribution in [0.25, 0.3) is 0 Å². The summed E-state index contributed by atoms with van der Waals surface area (Å²) in [6.07, 6.45) is 0. The van der Waals surface area contributed by atoms with Crippen molar-refractivity contribution in [1.82, 2.24) is 10.2 Å². The average Bonchev–Trinajstić information content (AvgIpc) is 2.60. The summed E-state index contributed by atoms with van der Waals surface area (Å²) in [7, 11) is 3.31. The van der Waals surface area contributed by atoms with Gasteiger partial charge in [-0.1, -0.05) is 12.1 Å². The Morgan fingerprint density at radius 3 is 1.85 bits per heavy atom. The number of anilines is 1. The molecule has 0 atom stereocenters. The van der Waals surface area contributed by atoms with Crippen LogP contribution in [0.2, 0.25) is 0 Å². The van der Waals surface area contributed by atoms with Gasteiger partial charge in [0.15, 0.2) is 0 Å². The molecule has 0 aliphatic carbocycles. The molecule has 2 aromatic rings. The summed E-state index contributed by atoms with van der Waals surface area (Å²) in [4.78, 5) is 38.4. The van der Waals surface area contributed by atoms with E-state index in [0.29, 0.717) is 22.4 Å². The molecule has 0 spiro atoms. The van der Waals surface area contributed by atoms with Crippen LogP contribution in [0.1, 0.15) is 51.8 Å². The maximum absolute atomic E-state index is 12.5. The number of para-hydroxylation sites is 1. The maximum atomic E-state index is 12.5. The van der Waals surface area contributed by atoms with Gasteiger partial charge in [-0.3, -0.25) is 14.4 Å². The summed E-state index contributed by atoms with van der Waals surface area (Å²) in [6.45, 7) is 5.71. The first-order valence-electron chi connectivity index (χ1n) is 8.63. The van der Waals surface area contributed by atoms with Gasteiger partial charge in [-0.05, 0) is 57.2 Å². The number of amides is 3. The SMILES string of the molecule is CN(C)C(=O)c1ccccc1NC(=O)c1ccc(C(=O)NC(C)(C)C)cc1. The lowest BCUT2D eigenvalue weighted by atomic mass is 10.1. The van der Waals surface area contributed by atoms with Gasteiger partial charge in [0.2, 0.25) is 0 Å². The summed E-state index contributed by atoms with van der Waals surface area (Å²) in [5, 5.41) is 5.64. The third-order valence-corrected chi connectivity index (χ3v) is 3.71. The lowest BCUT2D eigenvalue weighted by molar-refractivity contribution is 0.0828. The number of carbonyl (C=O) groups is 3. The highest BCUT2D eigenvalue weighted by Gasteiger charge is 2.17. The molecule has 6 heteroatoms. The van der Waals surface area contributed by atoms with Crippen molar-refractivity contribution in [2.75, 3.05) is 19.4 Å². The van der Waals surface area contributed by atoms with Crippen LogP contribution < -0.4 is 10.6 Å². The molecule has 0 fully saturated rings. The summed E-state index contributed by atoms with van der Waals surface area (Å²) in [5.41, 5.74) is 1.39. The Kier molecular flexibility index (Phi) is 6.00. The summed E-state index contributed by atoms with van der Waals surface area (Å²) < 4.78 is 0. The standard InChI is InChI=1S/C21H25N3O3/c1-21(2,3)23-19(26)15-12-10-14(11-13-15)18(25)22-17-9-7-6-8-16(17)20(27)24(4)5/h6-13H,1-5H3,(H,22,25)(H,23,26). The van der Waals surface area contributed by atoms with E-state index in [1.54, 1.807) is 62.6 Å². The van der Waals surface area contributed by atoms with Crippen LogP contribution in [0.3, 0.4) is 0 Å². The molecule has 0 saturated heterocycles. The molecule has 2 aromatic carbocycles. The monoisotopic (exact) mass is 367 g/mol. The van der Waals surface area contributed by atoms with Crippen LogP contribution in [-0.2, 0) is 0 Å². The van der Waals surface area contributed by atoms with Crippen molar-refractivity contribution < 1.29 is 14.4 Å². The van der Waals surface area contributed by atoms with Crippen LogP contribution in [0, 0.1) is 0 Å². The topological polar surface area (TPSA) is 78.5 Å². The van der Waals surface area contributed by atoms with E-state index in [-0.39, 0.29) is 23.3 Å². The van der Waals surface area contributed by atoms with Crippen molar-refractivity contribution >= 4 is 23.4 Å². The second-order valence-electron chi connectivity index (χ2n) is 7.48. The fraction of sp³-hybridized carbons (Fsp3) is 0.286. The third-order valence-electron chi connectivity index (χ3n) is 3.71. The fourth-order valence-electron chi connectivity index (χ4n) is 2.40. The van der Waals surface area contributed by atoms with E-state index >= 15 is 0 Å². The highest BCUT2D eigenvalue weighted by atomic mass is 16.2. The molecule has 0 aromatic heterocycles. The number of hydrogen-bond acceptors (Lipinski definition) is 3. The number of rotatable bonds is 4. The summed E-state index contributed by atoms with van der Waals surface area (Å²) in [5.74, 6) is -0.742. The molecule has 0 aliphatic heterocycles. The minimum atomic E-state index is -0.350. The van der Waals surface area contributed by atoms with Gasteiger partial charge < -0.3 is 15.5 Å². The lowest BCUT2D eigenvalue weighted by Crippen LogP contribution is -2.40. The molecule has 3 amide bonds. The highest BCUT2D eigenvalue weighted by Crippen LogP contribution is 2.18. The van der Waals surface area contributed by atoms with Gasteiger partial charge >= 0.3 is 0 Å².